The van der Waals surface area contributed by atoms with Crippen LogP contribution in [-0.2, 0) is 6.61 Å². The predicted molar refractivity (Wildman–Crippen MR) is 58.1 cm³/mol. The summed E-state index contributed by atoms with van der Waals surface area (Å²) in [5.74, 6) is 0.551. The van der Waals surface area contributed by atoms with Crippen LogP contribution in [0.4, 0.5) is 0 Å². The third kappa shape index (κ3) is 2.77. The van der Waals surface area contributed by atoms with E-state index in [4.69, 9.17) is 33.0 Å². The first-order chi connectivity index (χ1) is 6.54. The third-order valence-corrected chi connectivity index (χ3v) is 2.28. The van der Waals surface area contributed by atoms with E-state index >= 15 is 0 Å². The minimum atomic E-state index is -0.121. The second-order valence-corrected chi connectivity index (χ2v) is 4.01. The molecule has 0 aliphatic carbocycles. The van der Waals surface area contributed by atoms with Crippen LogP contribution in [-0.4, -0.2) is 11.2 Å². The van der Waals surface area contributed by atoms with E-state index in [9.17, 15) is 0 Å². The summed E-state index contributed by atoms with van der Waals surface area (Å²) < 4.78 is 5.44. The van der Waals surface area contributed by atoms with Gasteiger partial charge >= 0.3 is 0 Å². The average molecular weight is 235 g/mol. The largest absolute Gasteiger partial charge is 0.489 e. The highest BCUT2D eigenvalue weighted by molar-refractivity contribution is 6.36. The number of benzene rings is 1. The second-order valence-electron chi connectivity index (χ2n) is 3.20. The van der Waals surface area contributed by atoms with E-state index in [1.165, 1.54) is 0 Å². The monoisotopic (exact) mass is 234 g/mol. The Labute approximate surface area is 93.4 Å². The molecule has 0 unspecified atom stereocenters. The van der Waals surface area contributed by atoms with Gasteiger partial charge in [-0.05, 0) is 31.5 Å². The van der Waals surface area contributed by atoms with Crippen molar-refractivity contribution in [2.24, 2.45) is 0 Å². The van der Waals surface area contributed by atoms with Crippen molar-refractivity contribution in [3.63, 3.8) is 0 Å². The summed E-state index contributed by atoms with van der Waals surface area (Å²) in [6.45, 7) is 3.69. The molecule has 0 atom stereocenters. The van der Waals surface area contributed by atoms with E-state index < -0.39 is 0 Å². The lowest BCUT2D eigenvalue weighted by molar-refractivity contribution is 0.240. The lowest BCUT2D eigenvalue weighted by Gasteiger charge is -2.13. The van der Waals surface area contributed by atoms with Gasteiger partial charge in [0.25, 0.3) is 0 Å². The maximum absolute atomic E-state index is 8.98. The molecule has 0 bridgehead atoms. The third-order valence-electron chi connectivity index (χ3n) is 1.63. The molecule has 0 amide bonds. The fraction of sp³-hybridized carbons (Fsp3) is 0.400. The van der Waals surface area contributed by atoms with Crippen molar-refractivity contribution in [3.8, 4) is 5.75 Å². The molecule has 1 N–H and O–H groups in total. The van der Waals surface area contributed by atoms with Crippen LogP contribution >= 0.6 is 23.2 Å². The molecule has 2 nitrogen and oxygen atoms in total. The SMILES string of the molecule is CC(C)Oc1cc(CO)c(Cl)cc1Cl. The highest BCUT2D eigenvalue weighted by Crippen LogP contribution is 2.31. The Kier molecular flexibility index (Phi) is 4.05. The van der Waals surface area contributed by atoms with Crippen molar-refractivity contribution in [3.05, 3.63) is 27.7 Å². The standard InChI is InChI=1S/C10H12Cl2O2/c1-6(2)14-10-3-7(5-13)8(11)4-9(10)12/h3-4,6,13H,5H2,1-2H3. The van der Waals surface area contributed by atoms with Crippen LogP contribution in [0.25, 0.3) is 0 Å². The first kappa shape index (κ1) is 11.6. The first-order valence-corrected chi connectivity index (χ1v) is 5.05. The van der Waals surface area contributed by atoms with Gasteiger partial charge in [-0.15, -0.1) is 0 Å². The lowest BCUT2D eigenvalue weighted by atomic mass is 10.2. The number of halogens is 2. The van der Waals surface area contributed by atoms with Crippen molar-refractivity contribution < 1.29 is 9.84 Å². The van der Waals surface area contributed by atoms with Crippen LogP contribution in [0.15, 0.2) is 12.1 Å². The Hall–Kier alpha value is -0.440. The smallest absolute Gasteiger partial charge is 0.138 e. The molecule has 1 rings (SSSR count). The fourth-order valence-electron chi connectivity index (χ4n) is 1.04. The maximum atomic E-state index is 8.98. The molecule has 0 aliphatic heterocycles. The summed E-state index contributed by atoms with van der Waals surface area (Å²) in [6, 6.07) is 3.23. The molecular weight excluding hydrogens is 223 g/mol. The van der Waals surface area contributed by atoms with E-state index in [1.54, 1.807) is 12.1 Å². The topological polar surface area (TPSA) is 29.5 Å². The molecule has 0 saturated heterocycles. The van der Waals surface area contributed by atoms with E-state index in [-0.39, 0.29) is 12.7 Å². The van der Waals surface area contributed by atoms with Crippen molar-refractivity contribution >= 4 is 23.2 Å². The number of hydrogen-bond acceptors (Lipinski definition) is 2. The molecular formula is C10H12Cl2O2. The van der Waals surface area contributed by atoms with Crippen molar-refractivity contribution in [2.45, 2.75) is 26.6 Å². The van der Waals surface area contributed by atoms with Gasteiger partial charge in [-0.1, -0.05) is 23.2 Å². The molecule has 0 radical (unpaired) electrons. The van der Waals surface area contributed by atoms with Gasteiger partial charge in [0.2, 0.25) is 0 Å². The summed E-state index contributed by atoms with van der Waals surface area (Å²) in [5, 5.41) is 9.90. The maximum Gasteiger partial charge on any atom is 0.138 e. The summed E-state index contributed by atoms with van der Waals surface area (Å²) in [7, 11) is 0. The highest BCUT2D eigenvalue weighted by Gasteiger charge is 2.08. The normalized spacial score (nSPS) is 10.7. The summed E-state index contributed by atoms with van der Waals surface area (Å²) in [6.07, 6.45) is 0.0419. The van der Waals surface area contributed by atoms with Gasteiger partial charge in [0.05, 0.1) is 17.7 Å². The van der Waals surface area contributed by atoms with Crippen molar-refractivity contribution in [1.29, 1.82) is 0 Å². The van der Waals surface area contributed by atoms with Crippen molar-refractivity contribution in [2.75, 3.05) is 0 Å². The molecule has 0 heterocycles. The molecule has 0 saturated carbocycles. The van der Waals surface area contributed by atoms with Gasteiger partial charge in [0.1, 0.15) is 5.75 Å². The zero-order valence-corrected chi connectivity index (χ0v) is 9.56. The lowest BCUT2D eigenvalue weighted by Crippen LogP contribution is -2.06. The Morgan fingerprint density at radius 1 is 1.29 bits per heavy atom. The molecule has 1 aromatic carbocycles. The Balaban J connectivity index is 3.04. The summed E-state index contributed by atoms with van der Waals surface area (Å²) in [4.78, 5) is 0. The Bertz CT molecular complexity index is 324. The molecule has 14 heavy (non-hydrogen) atoms. The van der Waals surface area contributed by atoms with Crippen LogP contribution < -0.4 is 4.74 Å². The minimum absolute atomic E-state index is 0.0419. The molecule has 0 fully saturated rings. The number of aliphatic hydroxyl groups is 1. The van der Waals surface area contributed by atoms with E-state index in [0.29, 0.717) is 21.4 Å². The molecule has 0 aliphatic rings. The van der Waals surface area contributed by atoms with Gasteiger partial charge in [-0.3, -0.25) is 0 Å². The quantitative estimate of drug-likeness (QED) is 0.871. The van der Waals surface area contributed by atoms with Crippen LogP contribution in [0.2, 0.25) is 10.0 Å². The molecule has 4 heteroatoms. The summed E-state index contributed by atoms with van der Waals surface area (Å²) in [5.41, 5.74) is 0.617. The van der Waals surface area contributed by atoms with Crippen LogP contribution in [0, 0.1) is 0 Å². The fourth-order valence-corrected chi connectivity index (χ4v) is 1.52. The van der Waals surface area contributed by atoms with Gasteiger partial charge in [0, 0.05) is 5.02 Å². The molecule has 1 aromatic rings. The average Bonchev–Trinajstić information content (AvgIpc) is 2.09. The van der Waals surface area contributed by atoms with E-state index in [2.05, 4.69) is 0 Å². The van der Waals surface area contributed by atoms with E-state index in [1.807, 2.05) is 13.8 Å². The van der Waals surface area contributed by atoms with Crippen LogP contribution in [0.1, 0.15) is 19.4 Å². The second kappa shape index (κ2) is 4.87. The predicted octanol–water partition coefficient (Wildman–Crippen LogP) is 3.27. The van der Waals surface area contributed by atoms with Crippen molar-refractivity contribution in [1.82, 2.24) is 0 Å². The molecule has 0 aromatic heterocycles. The Morgan fingerprint density at radius 3 is 2.43 bits per heavy atom. The van der Waals surface area contributed by atoms with Crippen LogP contribution in [0.3, 0.4) is 0 Å². The van der Waals surface area contributed by atoms with Gasteiger partial charge < -0.3 is 9.84 Å². The summed E-state index contributed by atoms with van der Waals surface area (Å²) >= 11 is 11.7. The number of ether oxygens (including phenoxy) is 1. The van der Waals surface area contributed by atoms with Crippen LogP contribution in [0.5, 0.6) is 5.75 Å². The minimum Gasteiger partial charge on any atom is -0.489 e. The zero-order valence-electron chi connectivity index (χ0n) is 8.05. The van der Waals surface area contributed by atoms with Gasteiger partial charge in [-0.25, -0.2) is 0 Å². The van der Waals surface area contributed by atoms with E-state index in [0.717, 1.165) is 0 Å². The zero-order chi connectivity index (χ0) is 10.7. The van der Waals surface area contributed by atoms with Gasteiger partial charge in [-0.2, -0.15) is 0 Å². The number of hydrogen-bond donors (Lipinski definition) is 1. The number of aliphatic hydroxyl groups excluding tert-OH is 1. The number of rotatable bonds is 3. The first-order valence-electron chi connectivity index (χ1n) is 4.30. The molecule has 78 valence electrons. The molecule has 0 spiro atoms. The van der Waals surface area contributed by atoms with Gasteiger partial charge in [0.15, 0.2) is 0 Å². The highest BCUT2D eigenvalue weighted by atomic mass is 35.5. The Morgan fingerprint density at radius 2 is 1.93 bits per heavy atom.